The molecule has 36 atom stereocenters. The first kappa shape index (κ1) is 75.1. The largest absolute Gasteiger partial charge is 0.432 e. The standard InChI is InChI=1S/C63H102O33/c1-24-45(92-51-44(81)46(29(70)18-85-51)93-55-48(82)62(84,22-67)23-88-55)40(77)43(80)52(89-24)94-47-35(72)28(69)17-86-54(47)96-56(83)63-12-11-57(2,3)13-26(63)25-7-8-32-58(4)14-27(68)49(61(20-65,21-66)33(58)9-10-59(32,5)60(25,6)15-34(63)71)95-53-42(79)39(76)37(74)31(91-53)19-87-50-41(78)38(75)36(73)30(16-64)90-50/h7,24,26-55,64-82,84H,8-23H2,1-6H3/t24-,26-,27-,28-,29+,30+,31+,32+,33+,34+,35-,36+,37+,38-,39-,40-,41+,42+,43+,44+,45-,46-,47+,48-,49-,50+,51-,52-,53-,54-,55-,58+,59+,60+,62+,63+/m0/s1. The average molecular weight is 1390 g/mol. The molecule has 20 N–H and O–H groups in total. The molecule has 6 saturated heterocycles. The SMILES string of the molecule is C[C@@H]1O[C@@H](O[C@H]2[C@H](OC(=O)[C@]34CCC(C)(C)C[C@H]3C3=CC[C@@H]5[C@@]6(C)C[C@H](O)[C@H](O[C@@H]7O[C@H](CO[C@@H]8O[C@H](CO)[C@@H](O)[C@H](O)[C@H]8O)[C@@H](O)[C@H](O)[C@H]7O)C(CO)(CO)[C@@H]6CC[C@@]5(C)[C@]3(C)C[C@H]4O)OC[C@H](O)[C@@H]2O)[C@H](O)[C@H](O)[C@H]1O[C@@H]1OC[C@@H](O)[C@H](O[C@@H]2OC[C@](O)(CO)[C@H]2O)[C@H]1O. The Morgan fingerprint density at radius 1 is 0.552 bits per heavy atom. The average Bonchev–Trinajstić information content (AvgIpc) is 1.24. The van der Waals surface area contributed by atoms with Gasteiger partial charge >= 0.3 is 5.97 Å². The minimum Gasteiger partial charge on any atom is -0.432 e. The number of ether oxygens (including phenoxy) is 12. The van der Waals surface area contributed by atoms with E-state index in [1.165, 1.54) is 6.92 Å². The summed E-state index contributed by atoms with van der Waals surface area (Å²) in [6, 6.07) is 0. The molecule has 6 heterocycles. The second-order valence-electron chi connectivity index (χ2n) is 30.7. The molecule has 5 aliphatic carbocycles. The number of hydrogen-bond donors (Lipinski definition) is 20. The summed E-state index contributed by atoms with van der Waals surface area (Å²) in [5.41, 5.74) is -7.34. The molecule has 33 heteroatoms. The molecule has 0 unspecified atom stereocenters. The summed E-state index contributed by atoms with van der Waals surface area (Å²) in [7, 11) is 0. The van der Waals surface area contributed by atoms with Crippen molar-refractivity contribution in [1.29, 1.82) is 0 Å². The highest BCUT2D eigenvalue weighted by Gasteiger charge is 2.74. The van der Waals surface area contributed by atoms with Gasteiger partial charge in [-0.15, -0.1) is 0 Å². The monoisotopic (exact) mass is 1390 g/mol. The second-order valence-corrected chi connectivity index (χ2v) is 30.7. The molecular weight excluding hydrogens is 1280 g/mol. The summed E-state index contributed by atoms with van der Waals surface area (Å²) in [5, 5.41) is 221. The zero-order valence-corrected chi connectivity index (χ0v) is 54.5. The Bertz CT molecular complexity index is 2710. The molecule has 0 aromatic rings. The van der Waals surface area contributed by atoms with Crippen LogP contribution in [0.1, 0.15) is 92.9 Å². The number of carbonyl (C=O) groups is 1. The maximum Gasteiger partial charge on any atom is 0.317 e. The molecule has 0 radical (unpaired) electrons. The molecule has 552 valence electrons. The van der Waals surface area contributed by atoms with E-state index in [9.17, 15) is 102 Å². The fourth-order valence-corrected chi connectivity index (χ4v) is 18.8. The van der Waals surface area contributed by atoms with E-state index in [-0.39, 0.29) is 30.6 Å². The van der Waals surface area contributed by atoms with Crippen molar-refractivity contribution in [1.82, 2.24) is 0 Å². The molecule has 10 fully saturated rings. The molecule has 0 aromatic heterocycles. The Balaban J connectivity index is 0.793. The molecule has 0 spiro atoms. The minimum atomic E-state index is -2.09. The van der Waals surface area contributed by atoms with Gasteiger partial charge in [-0.25, -0.2) is 0 Å². The van der Waals surface area contributed by atoms with Crippen molar-refractivity contribution in [2.45, 2.75) is 271 Å². The van der Waals surface area contributed by atoms with Crippen molar-refractivity contribution >= 4 is 5.97 Å². The van der Waals surface area contributed by atoms with E-state index in [1.54, 1.807) is 0 Å². The third-order valence-electron chi connectivity index (χ3n) is 24.7. The lowest BCUT2D eigenvalue weighted by molar-refractivity contribution is -0.372. The molecule has 11 aliphatic rings. The molecule has 0 bridgehead atoms. The Kier molecular flexibility index (Phi) is 21.8. The van der Waals surface area contributed by atoms with Crippen LogP contribution in [0.15, 0.2) is 11.6 Å². The summed E-state index contributed by atoms with van der Waals surface area (Å²) >= 11 is 0. The first-order valence-electron chi connectivity index (χ1n) is 33.4. The van der Waals surface area contributed by atoms with Crippen LogP contribution in [0.2, 0.25) is 0 Å². The van der Waals surface area contributed by atoms with Crippen molar-refractivity contribution in [3.05, 3.63) is 11.6 Å². The molecule has 11 rings (SSSR count). The van der Waals surface area contributed by atoms with Crippen molar-refractivity contribution < 1.29 is 164 Å². The maximum atomic E-state index is 15.5. The van der Waals surface area contributed by atoms with Gasteiger partial charge in [0, 0.05) is 5.41 Å². The van der Waals surface area contributed by atoms with E-state index >= 15 is 4.79 Å². The van der Waals surface area contributed by atoms with Crippen LogP contribution in [-0.4, -0.2) is 339 Å². The number of allylic oxidation sites excluding steroid dienone is 2. The van der Waals surface area contributed by atoms with E-state index < -0.39 is 275 Å². The number of carbonyl (C=O) groups excluding carboxylic acids is 1. The summed E-state index contributed by atoms with van der Waals surface area (Å²) in [4.78, 5) is 15.5. The lowest BCUT2D eigenvalue weighted by Crippen LogP contribution is -2.71. The Labute approximate surface area is 553 Å². The van der Waals surface area contributed by atoms with Gasteiger partial charge in [-0.05, 0) is 97.7 Å². The van der Waals surface area contributed by atoms with Crippen LogP contribution in [0.3, 0.4) is 0 Å². The highest BCUT2D eigenvalue weighted by molar-refractivity contribution is 5.80. The smallest absolute Gasteiger partial charge is 0.317 e. The topological polar surface area (TPSA) is 532 Å². The number of hydrogen-bond acceptors (Lipinski definition) is 33. The van der Waals surface area contributed by atoms with Gasteiger partial charge in [-0.3, -0.25) is 4.79 Å². The highest BCUT2D eigenvalue weighted by Crippen LogP contribution is 2.76. The van der Waals surface area contributed by atoms with Crippen molar-refractivity contribution in [2.24, 2.45) is 50.2 Å². The Hall–Kier alpha value is -2.03. The summed E-state index contributed by atoms with van der Waals surface area (Å²) in [5.74, 6) is -2.50. The lowest BCUT2D eigenvalue weighted by Gasteiger charge is -2.72. The Morgan fingerprint density at radius 2 is 1.16 bits per heavy atom. The van der Waals surface area contributed by atoms with Crippen LogP contribution >= 0.6 is 0 Å². The van der Waals surface area contributed by atoms with Gasteiger partial charge in [-0.2, -0.15) is 0 Å². The summed E-state index contributed by atoms with van der Waals surface area (Å²) in [6.45, 7) is 6.34. The van der Waals surface area contributed by atoms with E-state index in [1.807, 2.05) is 6.92 Å². The van der Waals surface area contributed by atoms with Crippen LogP contribution < -0.4 is 0 Å². The quantitative estimate of drug-likeness (QED) is 0.0365. The van der Waals surface area contributed by atoms with Crippen molar-refractivity contribution in [2.75, 3.05) is 52.9 Å². The van der Waals surface area contributed by atoms with E-state index in [4.69, 9.17) is 56.8 Å². The molecule has 0 aromatic carbocycles. The van der Waals surface area contributed by atoms with Gasteiger partial charge < -0.3 is 159 Å². The molecular formula is C63H102O33. The minimum absolute atomic E-state index is 0.0176. The first-order valence-corrected chi connectivity index (χ1v) is 33.4. The predicted octanol–water partition coefficient (Wildman–Crippen LogP) is -7.55. The van der Waals surface area contributed by atoms with Crippen LogP contribution in [-0.2, 0) is 61.6 Å². The maximum absolute atomic E-state index is 15.5. The highest BCUT2D eigenvalue weighted by atomic mass is 16.8. The molecule has 0 amide bonds. The number of esters is 1. The summed E-state index contributed by atoms with van der Waals surface area (Å²) in [6.07, 6.45) is -43.1. The van der Waals surface area contributed by atoms with Crippen molar-refractivity contribution in [3.63, 3.8) is 0 Å². The van der Waals surface area contributed by atoms with Gasteiger partial charge in [0.1, 0.15) is 115 Å². The fourth-order valence-electron chi connectivity index (χ4n) is 18.8. The molecule has 4 saturated carbocycles. The van der Waals surface area contributed by atoms with E-state index in [2.05, 4.69) is 33.8 Å². The number of fused-ring (bicyclic) bond motifs is 7. The van der Waals surface area contributed by atoms with Gasteiger partial charge in [-0.1, -0.05) is 46.3 Å². The number of aliphatic hydroxyl groups excluding tert-OH is 19. The van der Waals surface area contributed by atoms with Gasteiger partial charge in [0.25, 0.3) is 0 Å². The van der Waals surface area contributed by atoms with Crippen LogP contribution in [0, 0.1) is 50.2 Å². The predicted molar refractivity (Wildman–Crippen MR) is 314 cm³/mol. The Morgan fingerprint density at radius 3 is 1.81 bits per heavy atom. The van der Waals surface area contributed by atoms with Gasteiger partial charge in [0.2, 0.25) is 6.29 Å². The lowest BCUT2D eigenvalue weighted by atomic mass is 9.33. The van der Waals surface area contributed by atoms with Gasteiger partial charge in [0.15, 0.2) is 37.6 Å². The zero-order chi connectivity index (χ0) is 70.1. The summed E-state index contributed by atoms with van der Waals surface area (Å²) < 4.78 is 70.1. The van der Waals surface area contributed by atoms with Crippen LogP contribution in [0.5, 0.6) is 0 Å². The molecule has 33 nitrogen and oxygen atoms in total. The number of aliphatic hydroxyl groups is 20. The normalized spacial score (nSPS) is 54.0. The fraction of sp³-hybridized carbons (Fsp3) is 0.952. The van der Waals surface area contributed by atoms with Crippen LogP contribution in [0.25, 0.3) is 0 Å². The van der Waals surface area contributed by atoms with E-state index in [0.717, 1.165) is 5.57 Å². The first-order chi connectivity index (χ1) is 45.1. The zero-order valence-electron chi connectivity index (χ0n) is 54.5. The second kappa shape index (κ2) is 27.9. The molecule has 96 heavy (non-hydrogen) atoms. The third-order valence-corrected chi connectivity index (χ3v) is 24.7. The van der Waals surface area contributed by atoms with Gasteiger partial charge in [0.05, 0.1) is 77.3 Å². The van der Waals surface area contributed by atoms with E-state index in [0.29, 0.717) is 32.1 Å². The molecule has 6 aliphatic heterocycles. The van der Waals surface area contributed by atoms with Crippen molar-refractivity contribution in [3.8, 4) is 0 Å². The third kappa shape index (κ3) is 12.4. The van der Waals surface area contributed by atoms with Crippen LogP contribution in [0.4, 0.5) is 0 Å². The number of rotatable bonds is 17.